The van der Waals surface area contributed by atoms with E-state index in [1.807, 2.05) is 24.3 Å². The number of nitrogens with zero attached hydrogens (tertiary/aromatic N) is 2. The molecule has 0 aliphatic heterocycles. The standard InChI is InChI=1S/C17H23N3O/c1-4-10-20-11-9-14(13-20)12-18-16-7-5-15(6-8-16)17(21)19(2)3/h5-9,11,13,18H,4,10,12H2,1-3H3. The van der Waals surface area contributed by atoms with Gasteiger partial charge in [0.2, 0.25) is 0 Å². The lowest BCUT2D eigenvalue weighted by Crippen LogP contribution is -2.21. The molecule has 1 aromatic heterocycles. The summed E-state index contributed by atoms with van der Waals surface area (Å²) in [7, 11) is 3.52. The predicted octanol–water partition coefficient (Wildman–Crippen LogP) is 3.21. The van der Waals surface area contributed by atoms with Crippen LogP contribution in [0.2, 0.25) is 0 Å². The van der Waals surface area contributed by atoms with Crippen molar-refractivity contribution in [2.45, 2.75) is 26.4 Å². The summed E-state index contributed by atoms with van der Waals surface area (Å²) in [5, 5.41) is 3.37. The SMILES string of the molecule is CCCn1ccc(CNc2ccc(C(=O)N(C)C)cc2)c1. The number of aryl methyl sites for hydroxylation is 1. The van der Waals surface area contributed by atoms with E-state index in [-0.39, 0.29) is 5.91 Å². The van der Waals surface area contributed by atoms with Gasteiger partial charge in [0, 0.05) is 50.8 Å². The van der Waals surface area contributed by atoms with Gasteiger partial charge in [-0.15, -0.1) is 0 Å². The van der Waals surface area contributed by atoms with Gasteiger partial charge < -0.3 is 14.8 Å². The minimum Gasteiger partial charge on any atom is -0.381 e. The molecule has 2 rings (SSSR count). The zero-order chi connectivity index (χ0) is 15.2. The summed E-state index contributed by atoms with van der Waals surface area (Å²) in [5.41, 5.74) is 2.99. The van der Waals surface area contributed by atoms with Crippen LogP contribution in [-0.2, 0) is 13.1 Å². The summed E-state index contributed by atoms with van der Waals surface area (Å²) in [5.74, 6) is 0.0261. The monoisotopic (exact) mass is 285 g/mol. The Bertz CT molecular complexity index is 584. The molecule has 112 valence electrons. The lowest BCUT2D eigenvalue weighted by atomic mass is 10.2. The molecule has 0 atom stereocenters. The maximum Gasteiger partial charge on any atom is 0.253 e. The molecule has 0 fully saturated rings. The number of rotatable bonds is 6. The molecule has 4 heteroatoms. The summed E-state index contributed by atoms with van der Waals surface area (Å²) in [6.07, 6.45) is 5.42. The minimum absolute atomic E-state index is 0.0261. The maximum absolute atomic E-state index is 11.8. The molecular weight excluding hydrogens is 262 g/mol. The average molecular weight is 285 g/mol. The van der Waals surface area contributed by atoms with Crippen molar-refractivity contribution in [2.75, 3.05) is 19.4 Å². The van der Waals surface area contributed by atoms with E-state index in [0.29, 0.717) is 5.56 Å². The second kappa shape index (κ2) is 6.97. The van der Waals surface area contributed by atoms with Crippen molar-refractivity contribution in [3.8, 4) is 0 Å². The van der Waals surface area contributed by atoms with Gasteiger partial charge in [0.25, 0.3) is 5.91 Å². The maximum atomic E-state index is 11.8. The minimum atomic E-state index is 0.0261. The molecule has 1 heterocycles. The fourth-order valence-corrected chi connectivity index (χ4v) is 2.19. The Morgan fingerprint density at radius 3 is 2.52 bits per heavy atom. The van der Waals surface area contributed by atoms with Crippen LogP contribution in [-0.4, -0.2) is 29.5 Å². The van der Waals surface area contributed by atoms with Gasteiger partial charge in [0.15, 0.2) is 0 Å². The first-order valence-corrected chi connectivity index (χ1v) is 7.30. The van der Waals surface area contributed by atoms with Crippen LogP contribution < -0.4 is 5.32 Å². The highest BCUT2D eigenvalue weighted by atomic mass is 16.2. The number of hydrogen-bond donors (Lipinski definition) is 1. The van der Waals surface area contributed by atoms with E-state index in [4.69, 9.17) is 0 Å². The van der Waals surface area contributed by atoms with Crippen LogP contribution in [0, 0.1) is 0 Å². The molecule has 0 saturated carbocycles. The van der Waals surface area contributed by atoms with E-state index in [2.05, 4.69) is 35.3 Å². The Labute approximate surface area is 126 Å². The van der Waals surface area contributed by atoms with E-state index < -0.39 is 0 Å². The van der Waals surface area contributed by atoms with Crippen LogP contribution in [0.4, 0.5) is 5.69 Å². The highest BCUT2D eigenvalue weighted by molar-refractivity contribution is 5.94. The second-order valence-electron chi connectivity index (χ2n) is 5.39. The number of nitrogens with one attached hydrogen (secondary N) is 1. The topological polar surface area (TPSA) is 37.3 Å². The number of hydrogen-bond acceptors (Lipinski definition) is 2. The highest BCUT2D eigenvalue weighted by Gasteiger charge is 2.07. The quantitative estimate of drug-likeness (QED) is 0.885. The van der Waals surface area contributed by atoms with Gasteiger partial charge in [-0.3, -0.25) is 4.79 Å². The van der Waals surface area contributed by atoms with E-state index in [0.717, 1.165) is 25.2 Å². The van der Waals surface area contributed by atoms with Crippen molar-refractivity contribution in [3.05, 3.63) is 53.9 Å². The van der Waals surface area contributed by atoms with Crippen LogP contribution in [0.1, 0.15) is 29.3 Å². The highest BCUT2D eigenvalue weighted by Crippen LogP contribution is 2.12. The fraction of sp³-hybridized carbons (Fsp3) is 0.353. The van der Waals surface area contributed by atoms with Crippen molar-refractivity contribution < 1.29 is 4.79 Å². The third kappa shape index (κ3) is 4.12. The van der Waals surface area contributed by atoms with Gasteiger partial charge in [0.1, 0.15) is 0 Å². The third-order valence-electron chi connectivity index (χ3n) is 3.33. The molecule has 0 aliphatic rings. The van der Waals surface area contributed by atoms with Crippen LogP contribution in [0.25, 0.3) is 0 Å². The smallest absolute Gasteiger partial charge is 0.253 e. The van der Waals surface area contributed by atoms with E-state index in [1.54, 1.807) is 19.0 Å². The zero-order valence-electron chi connectivity index (χ0n) is 13.0. The molecule has 0 spiro atoms. The van der Waals surface area contributed by atoms with E-state index in [9.17, 15) is 4.79 Å². The Morgan fingerprint density at radius 1 is 1.19 bits per heavy atom. The number of benzene rings is 1. The van der Waals surface area contributed by atoms with Crippen molar-refractivity contribution >= 4 is 11.6 Å². The molecule has 2 aromatic rings. The second-order valence-corrected chi connectivity index (χ2v) is 5.39. The first-order valence-electron chi connectivity index (χ1n) is 7.30. The molecule has 0 bridgehead atoms. The van der Waals surface area contributed by atoms with Crippen molar-refractivity contribution in [1.82, 2.24) is 9.47 Å². The molecular formula is C17H23N3O. The van der Waals surface area contributed by atoms with Crippen molar-refractivity contribution in [2.24, 2.45) is 0 Å². The summed E-state index contributed by atoms with van der Waals surface area (Å²) < 4.78 is 2.20. The summed E-state index contributed by atoms with van der Waals surface area (Å²) in [6.45, 7) is 4.02. The van der Waals surface area contributed by atoms with Gasteiger partial charge >= 0.3 is 0 Å². The van der Waals surface area contributed by atoms with Crippen molar-refractivity contribution in [1.29, 1.82) is 0 Å². The number of carbonyl (C=O) groups is 1. The summed E-state index contributed by atoms with van der Waals surface area (Å²) in [6, 6.07) is 9.73. The molecule has 1 amide bonds. The first kappa shape index (κ1) is 15.2. The molecule has 1 N–H and O–H groups in total. The lowest BCUT2D eigenvalue weighted by molar-refractivity contribution is 0.0827. The van der Waals surface area contributed by atoms with Crippen molar-refractivity contribution in [3.63, 3.8) is 0 Å². The van der Waals surface area contributed by atoms with Gasteiger partial charge in [-0.25, -0.2) is 0 Å². The molecule has 1 aromatic carbocycles. The van der Waals surface area contributed by atoms with Crippen LogP contribution in [0.5, 0.6) is 0 Å². The molecule has 21 heavy (non-hydrogen) atoms. The number of anilines is 1. The van der Waals surface area contributed by atoms with Gasteiger partial charge in [-0.05, 0) is 42.3 Å². The average Bonchev–Trinajstić information content (AvgIpc) is 2.93. The summed E-state index contributed by atoms with van der Waals surface area (Å²) >= 11 is 0. The Kier molecular flexibility index (Phi) is 5.04. The van der Waals surface area contributed by atoms with Gasteiger partial charge in [0.05, 0.1) is 0 Å². The number of amides is 1. The lowest BCUT2D eigenvalue weighted by Gasteiger charge is -2.11. The van der Waals surface area contributed by atoms with Crippen LogP contribution >= 0.6 is 0 Å². The third-order valence-corrected chi connectivity index (χ3v) is 3.33. The van der Waals surface area contributed by atoms with E-state index >= 15 is 0 Å². The number of aromatic nitrogens is 1. The largest absolute Gasteiger partial charge is 0.381 e. The molecule has 0 unspecified atom stereocenters. The Balaban J connectivity index is 1.92. The predicted molar refractivity (Wildman–Crippen MR) is 86.5 cm³/mol. The van der Waals surface area contributed by atoms with E-state index in [1.165, 1.54) is 5.56 Å². The van der Waals surface area contributed by atoms with Gasteiger partial charge in [-0.1, -0.05) is 6.92 Å². The molecule has 4 nitrogen and oxygen atoms in total. The Morgan fingerprint density at radius 2 is 1.90 bits per heavy atom. The normalized spacial score (nSPS) is 10.4. The van der Waals surface area contributed by atoms with Crippen LogP contribution in [0.15, 0.2) is 42.7 Å². The summed E-state index contributed by atoms with van der Waals surface area (Å²) in [4.78, 5) is 13.4. The molecule has 0 aliphatic carbocycles. The van der Waals surface area contributed by atoms with Gasteiger partial charge in [-0.2, -0.15) is 0 Å². The molecule has 0 radical (unpaired) electrons. The zero-order valence-corrected chi connectivity index (χ0v) is 13.0. The van der Waals surface area contributed by atoms with Crippen LogP contribution in [0.3, 0.4) is 0 Å². The molecule has 0 saturated heterocycles. The number of carbonyl (C=O) groups excluding carboxylic acids is 1. The fourth-order valence-electron chi connectivity index (χ4n) is 2.19. The Hall–Kier alpha value is -2.23. The first-order chi connectivity index (χ1) is 10.1.